The van der Waals surface area contributed by atoms with Crippen LogP contribution in [-0.4, -0.2) is 15.1 Å². The van der Waals surface area contributed by atoms with Crippen LogP contribution < -0.4 is 11.1 Å². The smallest absolute Gasteiger partial charge is 0.168 e. The van der Waals surface area contributed by atoms with Crippen molar-refractivity contribution in [1.82, 2.24) is 9.97 Å². The third kappa shape index (κ3) is 1.77. The summed E-state index contributed by atoms with van der Waals surface area (Å²) in [4.78, 5) is 8.03. The lowest BCUT2D eigenvalue weighted by Gasteiger charge is -2.03. The normalized spacial score (nSPS) is 10.0. The topological polar surface area (TPSA) is 63.8 Å². The molecule has 0 spiro atoms. The van der Waals surface area contributed by atoms with Gasteiger partial charge in [0.1, 0.15) is 6.33 Å². The highest BCUT2D eigenvalue weighted by Crippen LogP contribution is 2.15. The van der Waals surface area contributed by atoms with Crippen LogP contribution in [0.2, 0.25) is 0 Å². The second kappa shape index (κ2) is 3.55. The zero-order valence-corrected chi connectivity index (χ0v) is 8.08. The molecule has 0 atom stereocenters. The third-order valence-electron chi connectivity index (χ3n) is 1.77. The van der Waals surface area contributed by atoms with E-state index in [0.717, 1.165) is 16.6 Å². The second-order valence-electron chi connectivity index (χ2n) is 2.79. The monoisotopic (exact) mass is 204 g/mol. The first-order valence-electron chi connectivity index (χ1n) is 4.02. The molecule has 0 saturated carbocycles. The molecule has 3 N–H and O–H groups in total. The van der Waals surface area contributed by atoms with E-state index in [4.69, 9.17) is 18.0 Å². The maximum absolute atomic E-state index is 5.36. The van der Waals surface area contributed by atoms with Crippen molar-refractivity contribution in [3.05, 3.63) is 30.7 Å². The summed E-state index contributed by atoms with van der Waals surface area (Å²) in [6.45, 7) is 0. The zero-order valence-electron chi connectivity index (χ0n) is 7.27. The molecule has 0 unspecified atom stereocenters. The van der Waals surface area contributed by atoms with Gasteiger partial charge in [-0.3, -0.25) is 0 Å². The number of thiocarbonyl (C=S) groups is 1. The van der Waals surface area contributed by atoms with Crippen LogP contribution in [-0.2, 0) is 0 Å². The van der Waals surface area contributed by atoms with Gasteiger partial charge in [0.05, 0.1) is 5.52 Å². The van der Waals surface area contributed by atoms with Crippen molar-refractivity contribution < 1.29 is 0 Å². The molecule has 5 heteroatoms. The number of nitrogens with two attached hydrogens (primary N) is 1. The average Bonchev–Trinajstić information content (AvgIpc) is 2.17. The fraction of sp³-hybridized carbons (Fsp3) is 0. The first-order chi connectivity index (χ1) is 6.75. The lowest BCUT2D eigenvalue weighted by atomic mass is 10.2. The Balaban J connectivity index is 2.46. The maximum Gasteiger partial charge on any atom is 0.168 e. The van der Waals surface area contributed by atoms with Crippen molar-refractivity contribution in [3.8, 4) is 0 Å². The molecule has 2 aromatic rings. The quantitative estimate of drug-likeness (QED) is 0.685. The summed E-state index contributed by atoms with van der Waals surface area (Å²) in [5.41, 5.74) is 7.10. The van der Waals surface area contributed by atoms with Crippen LogP contribution in [0.5, 0.6) is 0 Å². The first-order valence-corrected chi connectivity index (χ1v) is 4.43. The molecule has 70 valence electrons. The molecule has 0 aliphatic rings. The van der Waals surface area contributed by atoms with Gasteiger partial charge >= 0.3 is 0 Å². The van der Waals surface area contributed by atoms with Gasteiger partial charge in [-0.15, -0.1) is 0 Å². The number of nitrogens with one attached hydrogen (secondary N) is 1. The number of aromatic nitrogens is 2. The number of nitrogens with zero attached hydrogens (tertiary/aromatic N) is 2. The van der Waals surface area contributed by atoms with Gasteiger partial charge in [-0.2, -0.15) is 0 Å². The Kier molecular flexibility index (Phi) is 2.24. The second-order valence-corrected chi connectivity index (χ2v) is 3.23. The van der Waals surface area contributed by atoms with Crippen LogP contribution >= 0.6 is 12.2 Å². The largest absolute Gasteiger partial charge is 0.376 e. The van der Waals surface area contributed by atoms with E-state index in [-0.39, 0.29) is 5.11 Å². The first kappa shape index (κ1) is 8.83. The molecule has 0 radical (unpaired) electrons. The Morgan fingerprint density at radius 1 is 1.43 bits per heavy atom. The van der Waals surface area contributed by atoms with Gasteiger partial charge in [0, 0.05) is 17.3 Å². The summed E-state index contributed by atoms with van der Waals surface area (Å²) >= 11 is 4.74. The van der Waals surface area contributed by atoms with Crippen LogP contribution in [0.4, 0.5) is 5.69 Å². The summed E-state index contributed by atoms with van der Waals surface area (Å²) in [7, 11) is 0. The highest BCUT2D eigenvalue weighted by atomic mass is 32.1. The van der Waals surface area contributed by atoms with E-state index in [2.05, 4.69) is 15.3 Å². The molecule has 0 saturated heterocycles. The average molecular weight is 204 g/mol. The maximum atomic E-state index is 5.36. The lowest BCUT2D eigenvalue weighted by molar-refractivity contribution is 1.22. The minimum atomic E-state index is 0.251. The number of benzene rings is 1. The van der Waals surface area contributed by atoms with Gasteiger partial charge in [0.2, 0.25) is 0 Å². The summed E-state index contributed by atoms with van der Waals surface area (Å²) < 4.78 is 0. The number of hydrogen-bond donors (Lipinski definition) is 2. The Bertz CT molecular complexity index is 483. The molecule has 0 fully saturated rings. The van der Waals surface area contributed by atoms with Gasteiger partial charge in [0.25, 0.3) is 0 Å². The highest BCUT2D eigenvalue weighted by molar-refractivity contribution is 7.80. The molecule has 0 aliphatic carbocycles. The molecule has 0 bridgehead atoms. The van der Waals surface area contributed by atoms with E-state index in [1.54, 1.807) is 6.20 Å². The summed E-state index contributed by atoms with van der Waals surface area (Å²) in [5, 5.41) is 4.05. The zero-order chi connectivity index (χ0) is 9.97. The van der Waals surface area contributed by atoms with Gasteiger partial charge in [-0.25, -0.2) is 9.97 Å². The van der Waals surface area contributed by atoms with Crippen LogP contribution in [0, 0.1) is 0 Å². The molecule has 0 amide bonds. The van der Waals surface area contributed by atoms with Crippen molar-refractivity contribution in [3.63, 3.8) is 0 Å². The molecule has 4 nitrogen and oxygen atoms in total. The number of rotatable bonds is 1. The minimum absolute atomic E-state index is 0.251. The molecule has 0 aliphatic heterocycles. The van der Waals surface area contributed by atoms with Crippen LogP contribution in [0.3, 0.4) is 0 Å². The third-order valence-corrected chi connectivity index (χ3v) is 1.87. The Morgan fingerprint density at radius 3 is 3.07 bits per heavy atom. The van der Waals surface area contributed by atoms with Crippen molar-refractivity contribution >= 4 is 33.9 Å². The predicted molar refractivity (Wildman–Crippen MR) is 59.9 cm³/mol. The molecular weight excluding hydrogens is 196 g/mol. The van der Waals surface area contributed by atoms with Crippen molar-refractivity contribution in [2.24, 2.45) is 5.73 Å². The Labute approximate surface area is 86.2 Å². The summed E-state index contributed by atoms with van der Waals surface area (Å²) in [5.74, 6) is 0. The van der Waals surface area contributed by atoms with Crippen LogP contribution in [0.25, 0.3) is 10.9 Å². The molecule has 14 heavy (non-hydrogen) atoms. The SMILES string of the molecule is NC(=S)Nc1ccc2ncncc2c1. The lowest BCUT2D eigenvalue weighted by Crippen LogP contribution is -2.18. The molecule has 1 heterocycles. The Morgan fingerprint density at radius 2 is 2.29 bits per heavy atom. The number of anilines is 1. The van der Waals surface area contributed by atoms with E-state index in [9.17, 15) is 0 Å². The van der Waals surface area contributed by atoms with Gasteiger partial charge in [-0.05, 0) is 30.4 Å². The highest BCUT2D eigenvalue weighted by Gasteiger charge is 1.97. The van der Waals surface area contributed by atoms with Gasteiger partial charge in [0.15, 0.2) is 5.11 Å². The van der Waals surface area contributed by atoms with Crippen LogP contribution in [0.15, 0.2) is 30.7 Å². The van der Waals surface area contributed by atoms with Crippen molar-refractivity contribution in [2.45, 2.75) is 0 Å². The molecule has 2 rings (SSSR count). The van der Waals surface area contributed by atoms with E-state index < -0.39 is 0 Å². The molecule has 1 aromatic carbocycles. The van der Waals surface area contributed by atoms with Crippen molar-refractivity contribution in [1.29, 1.82) is 0 Å². The fourth-order valence-electron chi connectivity index (χ4n) is 1.20. The standard InChI is InChI=1S/C9H8N4S/c10-9(14)13-7-1-2-8-6(3-7)4-11-5-12-8/h1-5H,(H3,10,13,14). The minimum Gasteiger partial charge on any atom is -0.376 e. The van der Waals surface area contributed by atoms with E-state index >= 15 is 0 Å². The molecule has 1 aromatic heterocycles. The van der Waals surface area contributed by atoms with E-state index in [0.29, 0.717) is 0 Å². The number of fused-ring (bicyclic) bond motifs is 1. The Hall–Kier alpha value is -1.75. The number of hydrogen-bond acceptors (Lipinski definition) is 3. The molecular formula is C9H8N4S. The fourth-order valence-corrected chi connectivity index (χ4v) is 1.32. The van der Waals surface area contributed by atoms with Crippen molar-refractivity contribution in [2.75, 3.05) is 5.32 Å². The predicted octanol–water partition coefficient (Wildman–Crippen LogP) is 1.29. The van der Waals surface area contributed by atoms with Gasteiger partial charge in [-0.1, -0.05) is 0 Å². The van der Waals surface area contributed by atoms with E-state index in [1.807, 2.05) is 18.2 Å². The summed E-state index contributed by atoms with van der Waals surface area (Å²) in [6, 6.07) is 5.65. The summed E-state index contributed by atoms with van der Waals surface area (Å²) in [6.07, 6.45) is 3.26. The van der Waals surface area contributed by atoms with Gasteiger partial charge < -0.3 is 11.1 Å². The van der Waals surface area contributed by atoms with Crippen LogP contribution in [0.1, 0.15) is 0 Å². The van der Waals surface area contributed by atoms with E-state index in [1.165, 1.54) is 6.33 Å².